The van der Waals surface area contributed by atoms with Crippen LogP contribution in [-0.4, -0.2) is 12.6 Å². The average molecular weight is 318 g/mol. The van der Waals surface area contributed by atoms with Crippen molar-refractivity contribution in [2.45, 2.75) is 13.8 Å². The van der Waals surface area contributed by atoms with Gasteiger partial charge in [0.1, 0.15) is 0 Å². The molecule has 2 aromatic carbocycles. The van der Waals surface area contributed by atoms with Crippen molar-refractivity contribution in [2.75, 3.05) is 6.61 Å². The van der Waals surface area contributed by atoms with Gasteiger partial charge in [0.05, 0.1) is 6.61 Å². The van der Waals surface area contributed by atoms with Crippen LogP contribution in [-0.2, 0) is 9.53 Å². The lowest BCUT2D eigenvalue weighted by molar-refractivity contribution is -0.137. The molecule has 0 bridgehead atoms. The summed E-state index contributed by atoms with van der Waals surface area (Å²) in [6.45, 7) is 4.20. The first-order valence-electron chi connectivity index (χ1n) is 8.07. The molecular formula is C22H22O2. The van der Waals surface area contributed by atoms with Crippen molar-refractivity contribution in [3.63, 3.8) is 0 Å². The Morgan fingerprint density at radius 2 is 1.21 bits per heavy atom. The van der Waals surface area contributed by atoms with Crippen molar-refractivity contribution >= 4 is 30.3 Å². The van der Waals surface area contributed by atoms with Gasteiger partial charge in [-0.05, 0) is 42.2 Å². The van der Waals surface area contributed by atoms with Gasteiger partial charge in [-0.25, -0.2) is 4.79 Å². The lowest BCUT2D eigenvalue weighted by Gasteiger charge is -1.98. The molecule has 0 aliphatic heterocycles. The van der Waals surface area contributed by atoms with Crippen LogP contribution < -0.4 is 0 Å². The Balaban J connectivity index is 1.99. The number of hydrogen-bond donors (Lipinski definition) is 0. The van der Waals surface area contributed by atoms with E-state index in [0.29, 0.717) is 6.61 Å². The maximum atomic E-state index is 11.3. The molecule has 0 N–H and O–H groups in total. The number of carbonyl (C=O) groups excluding carboxylic acids is 1. The van der Waals surface area contributed by atoms with Gasteiger partial charge in [-0.15, -0.1) is 0 Å². The number of hydrogen-bond acceptors (Lipinski definition) is 2. The van der Waals surface area contributed by atoms with Crippen molar-refractivity contribution in [3.05, 3.63) is 82.9 Å². The van der Waals surface area contributed by atoms with E-state index in [1.54, 1.807) is 13.0 Å². The Bertz CT molecular complexity index is 733. The van der Waals surface area contributed by atoms with Gasteiger partial charge in [0.25, 0.3) is 0 Å². The van der Waals surface area contributed by atoms with Crippen LogP contribution in [0.4, 0.5) is 0 Å². The monoisotopic (exact) mass is 318 g/mol. The molecule has 0 aliphatic rings. The Morgan fingerprint density at radius 3 is 1.62 bits per heavy atom. The summed E-state index contributed by atoms with van der Waals surface area (Å²) in [6, 6.07) is 16.4. The first-order valence-corrected chi connectivity index (χ1v) is 8.07. The van der Waals surface area contributed by atoms with Gasteiger partial charge in [-0.1, -0.05) is 72.8 Å². The third-order valence-corrected chi connectivity index (χ3v) is 3.40. The summed E-state index contributed by atoms with van der Waals surface area (Å²) >= 11 is 0. The standard InChI is InChI=1S/C22H22O2/c1-3-5-18-6-8-19(9-7-18)10-11-20-12-14-21(15-13-20)16-17-22(23)24-4-2/h3,5-17H,4H2,1-2H3/b5-3+,11-10+,17-16+. The maximum absolute atomic E-state index is 11.3. The molecule has 0 saturated heterocycles. The largest absolute Gasteiger partial charge is 0.463 e. The molecule has 122 valence electrons. The van der Waals surface area contributed by atoms with Crippen LogP contribution in [0.5, 0.6) is 0 Å². The molecule has 24 heavy (non-hydrogen) atoms. The third kappa shape index (κ3) is 5.73. The van der Waals surface area contributed by atoms with Crippen molar-refractivity contribution < 1.29 is 9.53 Å². The lowest BCUT2D eigenvalue weighted by Crippen LogP contribution is -1.98. The smallest absolute Gasteiger partial charge is 0.330 e. The SMILES string of the molecule is C/C=C/c1ccc(/C=C/c2ccc(/C=C/C(=O)OCC)cc2)cc1. The lowest BCUT2D eigenvalue weighted by atomic mass is 10.1. The first-order chi connectivity index (χ1) is 11.7. The van der Waals surface area contributed by atoms with Crippen LogP contribution in [0.25, 0.3) is 24.3 Å². The number of allylic oxidation sites excluding steroid dienone is 1. The van der Waals surface area contributed by atoms with E-state index in [-0.39, 0.29) is 5.97 Å². The minimum Gasteiger partial charge on any atom is -0.463 e. The topological polar surface area (TPSA) is 26.3 Å². The normalized spacial score (nSPS) is 11.6. The summed E-state index contributed by atoms with van der Waals surface area (Å²) in [5.74, 6) is -0.317. The first kappa shape index (κ1) is 17.5. The maximum Gasteiger partial charge on any atom is 0.330 e. The summed E-state index contributed by atoms with van der Waals surface area (Å²) < 4.78 is 4.86. The summed E-state index contributed by atoms with van der Waals surface area (Å²) in [4.78, 5) is 11.3. The van der Waals surface area contributed by atoms with E-state index < -0.39 is 0 Å². The number of benzene rings is 2. The minimum atomic E-state index is -0.317. The van der Waals surface area contributed by atoms with Crippen LogP contribution in [0, 0.1) is 0 Å². The van der Waals surface area contributed by atoms with E-state index in [2.05, 4.69) is 42.5 Å². The van der Waals surface area contributed by atoms with Crippen LogP contribution in [0.2, 0.25) is 0 Å². The van der Waals surface area contributed by atoms with Crippen molar-refractivity contribution in [1.29, 1.82) is 0 Å². The van der Waals surface area contributed by atoms with Gasteiger partial charge in [0, 0.05) is 6.08 Å². The highest BCUT2D eigenvalue weighted by Gasteiger charge is 1.94. The molecule has 0 unspecified atom stereocenters. The van der Waals surface area contributed by atoms with Gasteiger partial charge in [-0.3, -0.25) is 0 Å². The summed E-state index contributed by atoms with van der Waals surface area (Å²) in [6.07, 6.45) is 11.5. The molecule has 0 fully saturated rings. The van der Waals surface area contributed by atoms with Gasteiger partial charge in [0.15, 0.2) is 0 Å². The fraction of sp³-hybridized carbons (Fsp3) is 0.136. The zero-order chi connectivity index (χ0) is 17.2. The number of rotatable bonds is 6. The molecule has 0 heterocycles. The molecule has 0 saturated carbocycles. The van der Waals surface area contributed by atoms with Crippen molar-refractivity contribution in [2.24, 2.45) is 0 Å². The van der Waals surface area contributed by atoms with Crippen molar-refractivity contribution in [1.82, 2.24) is 0 Å². The second kappa shape index (κ2) is 9.31. The van der Waals surface area contributed by atoms with E-state index in [1.807, 2.05) is 37.3 Å². The van der Waals surface area contributed by atoms with E-state index in [0.717, 1.165) is 16.7 Å². The molecule has 0 spiro atoms. The summed E-state index contributed by atoms with van der Waals surface area (Å²) in [5, 5.41) is 0. The minimum absolute atomic E-state index is 0.317. The van der Waals surface area contributed by atoms with Crippen LogP contribution >= 0.6 is 0 Å². The van der Waals surface area contributed by atoms with Gasteiger partial charge < -0.3 is 4.74 Å². The Labute approximate surface area is 143 Å². The molecular weight excluding hydrogens is 296 g/mol. The number of carbonyl (C=O) groups is 1. The van der Waals surface area contributed by atoms with E-state index >= 15 is 0 Å². The highest BCUT2D eigenvalue weighted by molar-refractivity contribution is 5.87. The molecule has 2 rings (SSSR count). The molecule has 0 radical (unpaired) electrons. The van der Waals surface area contributed by atoms with Crippen molar-refractivity contribution in [3.8, 4) is 0 Å². The van der Waals surface area contributed by atoms with E-state index in [9.17, 15) is 4.79 Å². The number of ether oxygens (including phenoxy) is 1. The second-order valence-corrected chi connectivity index (χ2v) is 5.25. The number of esters is 1. The summed E-state index contributed by atoms with van der Waals surface area (Å²) in [5.41, 5.74) is 4.44. The van der Waals surface area contributed by atoms with Crippen LogP contribution in [0.3, 0.4) is 0 Å². The highest BCUT2D eigenvalue weighted by Crippen LogP contribution is 2.12. The molecule has 0 amide bonds. The Kier molecular flexibility index (Phi) is 6.78. The fourth-order valence-corrected chi connectivity index (χ4v) is 2.18. The van der Waals surface area contributed by atoms with E-state index in [1.165, 1.54) is 11.6 Å². The van der Waals surface area contributed by atoms with Crippen LogP contribution in [0.1, 0.15) is 36.1 Å². The molecule has 2 aromatic rings. The second-order valence-electron chi connectivity index (χ2n) is 5.25. The highest BCUT2D eigenvalue weighted by atomic mass is 16.5. The molecule has 2 nitrogen and oxygen atoms in total. The zero-order valence-electron chi connectivity index (χ0n) is 14.1. The van der Waals surface area contributed by atoms with Gasteiger partial charge in [0.2, 0.25) is 0 Å². The molecule has 0 atom stereocenters. The zero-order valence-corrected chi connectivity index (χ0v) is 14.1. The van der Waals surface area contributed by atoms with Crippen LogP contribution in [0.15, 0.2) is 60.7 Å². The predicted molar refractivity (Wildman–Crippen MR) is 102 cm³/mol. The average Bonchev–Trinajstić information content (AvgIpc) is 2.61. The molecule has 2 heteroatoms. The third-order valence-electron chi connectivity index (χ3n) is 3.40. The van der Waals surface area contributed by atoms with Gasteiger partial charge in [-0.2, -0.15) is 0 Å². The Morgan fingerprint density at radius 1 is 0.792 bits per heavy atom. The quantitative estimate of drug-likeness (QED) is 0.401. The summed E-state index contributed by atoms with van der Waals surface area (Å²) in [7, 11) is 0. The predicted octanol–water partition coefficient (Wildman–Crippen LogP) is 5.47. The molecule has 0 aliphatic carbocycles. The van der Waals surface area contributed by atoms with Gasteiger partial charge >= 0.3 is 5.97 Å². The fourth-order valence-electron chi connectivity index (χ4n) is 2.18. The Hall–Kier alpha value is -2.87. The van der Waals surface area contributed by atoms with E-state index in [4.69, 9.17) is 4.74 Å². The molecule has 0 aromatic heterocycles.